The van der Waals surface area contributed by atoms with E-state index in [0.717, 1.165) is 53.3 Å². The Labute approximate surface area is 204 Å². The monoisotopic (exact) mass is 496 g/mol. The molecule has 0 radical (unpaired) electrons. The third kappa shape index (κ3) is 4.39. The van der Waals surface area contributed by atoms with Crippen molar-refractivity contribution >= 4 is 33.4 Å². The van der Waals surface area contributed by atoms with Crippen LogP contribution in [0.2, 0.25) is 0 Å². The zero-order valence-electron chi connectivity index (χ0n) is 19.2. The van der Waals surface area contributed by atoms with Crippen molar-refractivity contribution < 1.29 is 13.2 Å². The van der Waals surface area contributed by atoms with Crippen LogP contribution in [0.15, 0.2) is 64.9 Å². The standard InChI is InChI=1S/C25H28N4O3S2/c1-19-7-2-3-9-22(19)29-16-12-26-25(29)33-18-24(30)28-15-6-8-20-17-21(10-11-23(20)28)34(31,32)27-13-4-5-14-27/h2-3,7,9-12,16-17H,4-6,8,13-15,18H2,1H3. The van der Waals surface area contributed by atoms with Gasteiger partial charge >= 0.3 is 0 Å². The smallest absolute Gasteiger partial charge is 0.243 e. The number of nitrogens with zero attached hydrogens (tertiary/aromatic N) is 4. The van der Waals surface area contributed by atoms with Gasteiger partial charge in [0.2, 0.25) is 15.9 Å². The van der Waals surface area contributed by atoms with Crippen LogP contribution in [0, 0.1) is 6.92 Å². The molecule has 1 aromatic heterocycles. The van der Waals surface area contributed by atoms with E-state index < -0.39 is 10.0 Å². The lowest BCUT2D eigenvalue weighted by molar-refractivity contribution is -0.116. The summed E-state index contributed by atoms with van der Waals surface area (Å²) in [6, 6.07) is 13.3. The fraction of sp³-hybridized carbons (Fsp3) is 0.360. The Bertz CT molecular complexity index is 1310. The molecular weight excluding hydrogens is 468 g/mol. The van der Waals surface area contributed by atoms with E-state index in [-0.39, 0.29) is 11.7 Å². The molecule has 3 heterocycles. The number of carbonyl (C=O) groups is 1. The van der Waals surface area contributed by atoms with Gasteiger partial charge in [0.25, 0.3) is 0 Å². The summed E-state index contributed by atoms with van der Waals surface area (Å²) in [5.74, 6) is 0.260. The molecular formula is C25H28N4O3S2. The summed E-state index contributed by atoms with van der Waals surface area (Å²) in [7, 11) is -3.47. The minimum Gasteiger partial charge on any atom is -0.311 e. The molecule has 1 fully saturated rings. The van der Waals surface area contributed by atoms with E-state index in [1.165, 1.54) is 11.8 Å². The van der Waals surface area contributed by atoms with Crippen molar-refractivity contribution in [2.24, 2.45) is 0 Å². The van der Waals surface area contributed by atoms with Gasteiger partial charge in [0.1, 0.15) is 0 Å². The molecule has 3 aromatic rings. The van der Waals surface area contributed by atoms with E-state index in [4.69, 9.17) is 0 Å². The molecule has 1 amide bonds. The number of para-hydroxylation sites is 1. The number of anilines is 1. The summed E-state index contributed by atoms with van der Waals surface area (Å²) in [4.78, 5) is 19.8. The summed E-state index contributed by atoms with van der Waals surface area (Å²) in [5, 5.41) is 0.770. The van der Waals surface area contributed by atoms with Gasteiger partial charge in [-0.3, -0.25) is 9.36 Å². The maximum Gasteiger partial charge on any atom is 0.243 e. The highest BCUT2D eigenvalue weighted by Gasteiger charge is 2.30. The molecule has 0 unspecified atom stereocenters. The number of hydrogen-bond donors (Lipinski definition) is 0. The van der Waals surface area contributed by atoms with Crippen LogP contribution < -0.4 is 4.90 Å². The zero-order valence-corrected chi connectivity index (χ0v) is 20.8. The van der Waals surface area contributed by atoms with Gasteiger partial charge in [-0.05, 0) is 68.0 Å². The first-order chi connectivity index (χ1) is 16.4. The summed E-state index contributed by atoms with van der Waals surface area (Å²) in [6.45, 7) is 3.85. The summed E-state index contributed by atoms with van der Waals surface area (Å²) in [6.07, 6.45) is 7.06. The third-order valence-electron chi connectivity index (χ3n) is 6.48. The van der Waals surface area contributed by atoms with Crippen LogP contribution in [0.4, 0.5) is 5.69 Å². The second-order valence-electron chi connectivity index (χ2n) is 8.71. The Hall–Kier alpha value is -2.62. The molecule has 0 spiro atoms. The lowest BCUT2D eigenvalue weighted by atomic mass is 10.0. The molecule has 178 valence electrons. The second-order valence-corrected chi connectivity index (χ2v) is 11.6. The molecule has 0 saturated carbocycles. The molecule has 9 heteroatoms. The molecule has 0 atom stereocenters. The molecule has 2 aliphatic rings. The lowest BCUT2D eigenvalue weighted by Crippen LogP contribution is -2.37. The van der Waals surface area contributed by atoms with E-state index in [1.54, 1.807) is 33.6 Å². The van der Waals surface area contributed by atoms with Crippen molar-refractivity contribution in [1.82, 2.24) is 13.9 Å². The predicted octanol–water partition coefficient (Wildman–Crippen LogP) is 4.04. The average molecular weight is 497 g/mol. The Kier molecular flexibility index (Phi) is 6.50. The first-order valence-electron chi connectivity index (χ1n) is 11.6. The fourth-order valence-corrected chi connectivity index (χ4v) is 7.10. The third-order valence-corrected chi connectivity index (χ3v) is 9.33. The second kappa shape index (κ2) is 9.56. The van der Waals surface area contributed by atoms with Crippen LogP contribution >= 0.6 is 11.8 Å². The van der Waals surface area contributed by atoms with Gasteiger partial charge in [0.15, 0.2) is 5.16 Å². The number of fused-ring (bicyclic) bond motifs is 1. The molecule has 2 aliphatic heterocycles. The molecule has 2 aromatic carbocycles. The number of thioether (sulfide) groups is 1. The first kappa shape index (κ1) is 23.1. The van der Waals surface area contributed by atoms with Crippen molar-refractivity contribution in [3.8, 4) is 5.69 Å². The number of amides is 1. The van der Waals surface area contributed by atoms with E-state index in [9.17, 15) is 13.2 Å². The molecule has 0 N–H and O–H groups in total. The molecule has 5 rings (SSSR count). The van der Waals surface area contributed by atoms with E-state index in [1.807, 2.05) is 29.0 Å². The van der Waals surface area contributed by atoms with Crippen LogP contribution in [0.5, 0.6) is 0 Å². The Morgan fingerprint density at radius 3 is 2.62 bits per heavy atom. The molecule has 34 heavy (non-hydrogen) atoms. The van der Waals surface area contributed by atoms with Gasteiger partial charge in [-0.15, -0.1) is 0 Å². The predicted molar refractivity (Wildman–Crippen MR) is 134 cm³/mol. The van der Waals surface area contributed by atoms with Crippen molar-refractivity contribution in [2.45, 2.75) is 42.7 Å². The topological polar surface area (TPSA) is 75.5 Å². The highest BCUT2D eigenvalue weighted by Crippen LogP contribution is 2.32. The number of rotatable bonds is 6. The van der Waals surface area contributed by atoms with E-state index in [0.29, 0.717) is 24.5 Å². The van der Waals surface area contributed by atoms with E-state index >= 15 is 0 Å². The van der Waals surface area contributed by atoms with Gasteiger partial charge in [-0.25, -0.2) is 13.4 Å². The highest BCUT2D eigenvalue weighted by molar-refractivity contribution is 7.99. The summed E-state index contributed by atoms with van der Waals surface area (Å²) in [5.41, 5.74) is 3.93. The maximum absolute atomic E-state index is 13.2. The highest BCUT2D eigenvalue weighted by atomic mass is 32.2. The number of imidazole rings is 1. The number of hydrogen-bond acceptors (Lipinski definition) is 5. The van der Waals surface area contributed by atoms with Crippen molar-refractivity contribution in [3.63, 3.8) is 0 Å². The minimum atomic E-state index is -3.47. The van der Waals surface area contributed by atoms with Crippen LogP contribution in [0.25, 0.3) is 5.69 Å². The first-order valence-corrected chi connectivity index (χ1v) is 14.0. The largest absolute Gasteiger partial charge is 0.311 e. The normalized spacial score (nSPS) is 16.6. The molecule has 1 saturated heterocycles. The maximum atomic E-state index is 13.2. The Balaban J connectivity index is 1.32. The van der Waals surface area contributed by atoms with Crippen molar-refractivity contribution in [1.29, 1.82) is 0 Å². The SMILES string of the molecule is Cc1ccccc1-n1ccnc1SCC(=O)N1CCCc2cc(S(=O)(=O)N3CCCC3)ccc21. The number of sulfonamides is 1. The quantitative estimate of drug-likeness (QED) is 0.482. The molecule has 0 aliphatic carbocycles. The minimum absolute atomic E-state index is 0.000402. The van der Waals surface area contributed by atoms with Gasteiger partial charge in [-0.1, -0.05) is 30.0 Å². The Morgan fingerprint density at radius 2 is 1.82 bits per heavy atom. The average Bonchev–Trinajstić information content (AvgIpc) is 3.55. The van der Waals surface area contributed by atoms with Crippen molar-refractivity contribution in [3.05, 3.63) is 66.0 Å². The van der Waals surface area contributed by atoms with Crippen LogP contribution in [0.3, 0.4) is 0 Å². The van der Waals surface area contributed by atoms with Gasteiger partial charge in [-0.2, -0.15) is 4.31 Å². The van der Waals surface area contributed by atoms with Gasteiger partial charge < -0.3 is 4.90 Å². The molecule has 7 nitrogen and oxygen atoms in total. The van der Waals surface area contributed by atoms with Crippen LogP contribution in [-0.4, -0.2) is 53.6 Å². The van der Waals surface area contributed by atoms with Crippen molar-refractivity contribution in [2.75, 3.05) is 30.3 Å². The molecule has 0 bridgehead atoms. The van der Waals surface area contributed by atoms with Gasteiger partial charge in [0, 0.05) is 37.7 Å². The Morgan fingerprint density at radius 1 is 1.03 bits per heavy atom. The fourth-order valence-electron chi connectivity index (χ4n) is 4.69. The number of aryl methyl sites for hydroxylation is 2. The number of benzene rings is 2. The summed E-state index contributed by atoms with van der Waals surface area (Å²) < 4.78 is 29.5. The number of aromatic nitrogens is 2. The zero-order chi connectivity index (χ0) is 23.7. The summed E-state index contributed by atoms with van der Waals surface area (Å²) >= 11 is 1.42. The van der Waals surface area contributed by atoms with Gasteiger partial charge in [0.05, 0.1) is 16.3 Å². The van der Waals surface area contributed by atoms with Crippen LogP contribution in [-0.2, 0) is 21.2 Å². The number of carbonyl (C=O) groups excluding carboxylic acids is 1. The van der Waals surface area contributed by atoms with E-state index in [2.05, 4.69) is 18.0 Å². The van der Waals surface area contributed by atoms with Crippen LogP contribution in [0.1, 0.15) is 30.4 Å². The lowest BCUT2D eigenvalue weighted by Gasteiger charge is -2.30.